The van der Waals surface area contributed by atoms with Crippen LogP contribution in [0.15, 0.2) is 108 Å². The van der Waals surface area contributed by atoms with Gasteiger partial charge in [-0.15, -0.1) is 0 Å². The van der Waals surface area contributed by atoms with Crippen LogP contribution in [0.2, 0.25) is 5.02 Å². The molecule has 0 saturated carbocycles. The fraction of sp³-hybridized carbons (Fsp3) is 0.278. The van der Waals surface area contributed by atoms with Crippen molar-refractivity contribution in [2.75, 3.05) is 17.5 Å². The van der Waals surface area contributed by atoms with Gasteiger partial charge in [0.2, 0.25) is 11.8 Å². The molecule has 1 N–H and O–H groups in total. The number of halogens is 2. The van der Waals surface area contributed by atoms with Gasteiger partial charge in [0.15, 0.2) is 0 Å². The Balaban J connectivity index is 1.79. The Morgan fingerprint density at radius 1 is 0.872 bits per heavy atom. The molecule has 4 aromatic rings. The van der Waals surface area contributed by atoms with E-state index in [1.54, 1.807) is 24.3 Å². The van der Waals surface area contributed by atoms with E-state index in [0.717, 1.165) is 22.0 Å². The van der Waals surface area contributed by atoms with Crippen molar-refractivity contribution in [2.24, 2.45) is 0 Å². The Hall–Kier alpha value is -4.41. The third kappa shape index (κ3) is 9.56. The average Bonchev–Trinajstić information content (AvgIpc) is 3.07. The van der Waals surface area contributed by atoms with E-state index in [1.807, 2.05) is 51.1 Å². The van der Waals surface area contributed by atoms with Gasteiger partial charge in [0, 0.05) is 24.0 Å². The van der Waals surface area contributed by atoms with Crippen molar-refractivity contribution in [3.05, 3.63) is 125 Å². The normalized spacial score (nSPS) is 12.5. The first-order chi connectivity index (χ1) is 22.5. The van der Waals surface area contributed by atoms with Crippen molar-refractivity contribution < 1.29 is 27.1 Å². The molecule has 47 heavy (non-hydrogen) atoms. The number of nitrogens with zero attached hydrogens (tertiary/aromatic N) is 2. The van der Waals surface area contributed by atoms with Crippen LogP contribution in [0.3, 0.4) is 0 Å². The maximum Gasteiger partial charge on any atom is 0.264 e. The smallest absolute Gasteiger partial charge is 0.264 e. The highest BCUT2D eigenvalue weighted by atomic mass is 35.5. The molecule has 8 nitrogen and oxygen atoms in total. The van der Waals surface area contributed by atoms with Crippen LogP contribution < -0.4 is 14.4 Å². The van der Waals surface area contributed by atoms with E-state index in [-0.39, 0.29) is 35.5 Å². The molecule has 0 heterocycles. The molecule has 0 radical (unpaired) electrons. The number of carbonyl (C=O) groups is 2. The van der Waals surface area contributed by atoms with E-state index in [9.17, 15) is 22.4 Å². The summed E-state index contributed by atoms with van der Waals surface area (Å²) >= 11 is 6.14. The quantitative estimate of drug-likeness (QED) is 0.152. The van der Waals surface area contributed by atoms with Gasteiger partial charge in [-0.05, 0) is 92.1 Å². The third-order valence-electron chi connectivity index (χ3n) is 7.65. The van der Waals surface area contributed by atoms with Crippen molar-refractivity contribution in [1.82, 2.24) is 10.2 Å². The van der Waals surface area contributed by atoms with Crippen LogP contribution in [-0.4, -0.2) is 50.4 Å². The van der Waals surface area contributed by atoms with E-state index in [4.69, 9.17) is 16.3 Å². The summed E-state index contributed by atoms with van der Waals surface area (Å²) in [5, 5.41) is 3.51. The van der Waals surface area contributed by atoms with Gasteiger partial charge in [-0.1, -0.05) is 61.0 Å². The van der Waals surface area contributed by atoms with Gasteiger partial charge in [-0.3, -0.25) is 13.9 Å². The number of hydrogen-bond acceptors (Lipinski definition) is 5. The van der Waals surface area contributed by atoms with E-state index in [0.29, 0.717) is 29.4 Å². The molecule has 0 bridgehead atoms. The van der Waals surface area contributed by atoms with E-state index >= 15 is 0 Å². The predicted octanol–water partition coefficient (Wildman–Crippen LogP) is 6.63. The Morgan fingerprint density at radius 2 is 1.51 bits per heavy atom. The van der Waals surface area contributed by atoms with Crippen LogP contribution >= 0.6 is 11.6 Å². The van der Waals surface area contributed by atoms with Gasteiger partial charge in [0.05, 0.1) is 17.2 Å². The van der Waals surface area contributed by atoms with E-state index in [1.165, 1.54) is 41.3 Å². The number of ether oxygens (including phenoxy) is 1. The number of hydrogen-bond donors (Lipinski definition) is 1. The monoisotopic (exact) mass is 679 g/mol. The Morgan fingerprint density at radius 3 is 2.11 bits per heavy atom. The molecule has 0 spiro atoms. The highest BCUT2D eigenvalue weighted by molar-refractivity contribution is 7.92. The maximum absolute atomic E-state index is 14.5. The summed E-state index contributed by atoms with van der Waals surface area (Å²) in [6, 6.07) is 25.7. The van der Waals surface area contributed by atoms with Gasteiger partial charge in [-0.2, -0.15) is 0 Å². The second-order valence-electron chi connectivity index (χ2n) is 11.1. The first kappa shape index (κ1) is 35.4. The molecule has 0 aliphatic heterocycles. The summed E-state index contributed by atoms with van der Waals surface area (Å²) in [7, 11) is -4.34. The largest absolute Gasteiger partial charge is 0.494 e. The van der Waals surface area contributed by atoms with Gasteiger partial charge in [0.1, 0.15) is 24.2 Å². The molecule has 4 aromatic carbocycles. The molecular formula is C36H39ClFN3O5S. The van der Waals surface area contributed by atoms with Gasteiger partial charge in [-0.25, -0.2) is 12.8 Å². The van der Waals surface area contributed by atoms with Crippen LogP contribution in [0, 0.1) is 5.82 Å². The maximum atomic E-state index is 14.5. The lowest BCUT2D eigenvalue weighted by Crippen LogP contribution is -2.54. The molecule has 0 unspecified atom stereocenters. The zero-order valence-electron chi connectivity index (χ0n) is 26.6. The second kappa shape index (κ2) is 16.4. The highest BCUT2D eigenvalue weighted by Crippen LogP contribution is 2.27. The number of rotatable bonds is 15. The molecule has 2 atom stereocenters. The molecule has 0 fully saturated rings. The van der Waals surface area contributed by atoms with Crippen LogP contribution in [0.1, 0.15) is 38.3 Å². The van der Waals surface area contributed by atoms with Gasteiger partial charge >= 0.3 is 0 Å². The average molecular weight is 680 g/mol. The molecule has 0 aromatic heterocycles. The van der Waals surface area contributed by atoms with Crippen molar-refractivity contribution in [3.8, 4) is 5.75 Å². The minimum atomic E-state index is -4.34. The van der Waals surface area contributed by atoms with E-state index in [2.05, 4.69) is 5.32 Å². The number of carbonyl (C=O) groups excluding carboxylic acids is 2. The number of anilines is 1. The van der Waals surface area contributed by atoms with Crippen molar-refractivity contribution in [1.29, 1.82) is 0 Å². The fourth-order valence-corrected chi connectivity index (χ4v) is 6.46. The summed E-state index contributed by atoms with van der Waals surface area (Å²) in [6.07, 6.45) is 0.859. The molecule has 0 aliphatic rings. The molecule has 2 amide bonds. The molecular weight excluding hydrogens is 641 g/mol. The fourth-order valence-electron chi connectivity index (χ4n) is 4.92. The van der Waals surface area contributed by atoms with Crippen LogP contribution in [0.5, 0.6) is 5.75 Å². The van der Waals surface area contributed by atoms with Crippen LogP contribution in [0.25, 0.3) is 0 Å². The van der Waals surface area contributed by atoms with E-state index < -0.39 is 34.3 Å². The van der Waals surface area contributed by atoms with Crippen molar-refractivity contribution in [3.63, 3.8) is 0 Å². The standard InChI is InChI=1S/C36H39ClFN3O5S/c1-4-26(3)39-36(43)34(23-27-9-7-6-8-10-27)40(24-28-11-13-29(37)14-12-28)35(42)25-41(31-17-15-30(38)16-18-31)47(44,45)33-21-19-32(20-22-33)46-5-2/h6-22,26,34H,4-5,23-25H2,1-3H3,(H,39,43)/t26-,34-/m0/s1. The van der Waals surface area contributed by atoms with Gasteiger partial charge in [0.25, 0.3) is 10.0 Å². The Bertz CT molecular complexity index is 1720. The zero-order chi connectivity index (χ0) is 34.0. The first-order valence-corrected chi connectivity index (χ1v) is 17.2. The molecule has 248 valence electrons. The number of benzene rings is 4. The predicted molar refractivity (Wildman–Crippen MR) is 182 cm³/mol. The molecule has 0 saturated heterocycles. The number of nitrogens with one attached hydrogen (secondary N) is 1. The second-order valence-corrected chi connectivity index (χ2v) is 13.4. The third-order valence-corrected chi connectivity index (χ3v) is 9.69. The molecule has 11 heteroatoms. The van der Waals surface area contributed by atoms with Crippen molar-refractivity contribution in [2.45, 2.75) is 57.1 Å². The minimum absolute atomic E-state index is 0.00177. The lowest BCUT2D eigenvalue weighted by molar-refractivity contribution is -0.140. The van der Waals surface area contributed by atoms with Gasteiger partial charge < -0.3 is 15.0 Å². The first-order valence-electron chi connectivity index (χ1n) is 15.4. The summed E-state index contributed by atoms with van der Waals surface area (Å²) in [5.41, 5.74) is 1.60. The summed E-state index contributed by atoms with van der Waals surface area (Å²) in [5.74, 6) is -1.07. The minimum Gasteiger partial charge on any atom is -0.494 e. The number of amides is 2. The summed E-state index contributed by atoms with van der Waals surface area (Å²) in [4.78, 5) is 29.7. The number of sulfonamides is 1. The van der Waals surface area contributed by atoms with Crippen LogP contribution in [0.4, 0.5) is 10.1 Å². The SMILES string of the molecule is CCOc1ccc(S(=O)(=O)N(CC(=O)N(Cc2ccc(Cl)cc2)[C@@H](Cc2ccccc2)C(=O)N[C@@H](C)CC)c2ccc(F)cc2)cc1. The molecule has 4 rings (SSSR count). The topological polar surface area (TPSA) is 96.0 Å². The Kier molecular flexibility index (Phi) is 12.4. The lowest BCUT2D eigenvalue weighted by atomic mass is 10.0. The zero-order valence-corrected chi connectivity index (χ0v) is 28.2. The van der Waals surface area contributed by atoms with Crippen molar-refractivity contribution >= 4 is 39.1 Å². The highest BCUT2D eigenvalue weighted by Gasteiger charge is 2.35. The lowest BCUT2D eigenvalue weighted by Gasteiger charge is -2.34. The summed E-state index contributed by atoms with van der Waals surface area (Å²) in [6.45, 7) is 5.39. The molecule has 0 aliphatic carbocycles. The summed E-state index contributed by atoms with van der Waals surface area (Å²) < 4.78 is 48.7. The Labute approximate surface area is 281 Å². The van der Waals surface area contributed by atoms with Crippen LogP contribution in [-0.2, 0) is 32.6 Å².